The Labute approximate surface area is 168 Å². The third-order valence-corrected chi connectivity index (χ3v) is 5.69. The Morgan fingerprint density at radius 3 is 2.62 bits per heavy atom. The Hall–Kier alpha value is -2.52. The molecular weight excluding hydrogens is 406 g/mol. The SMILES string of the molecule is Fc1ccccc1Cc1nnc(N2CCOC(c3ccccc3C(F)(F)F)C2)s1. The lowest BCUT2D eigenvalue weighted by Crippen LogP contribution is -2.39. The highest BCUT2D eigenvalue weighted by Gasteiger charge is 2.36. The summed E-state index contributed by atoms with van der Waals surface area (Å²) >= 11 is 1.31. The molecule has 1 unspecified atom stereocenters. The van der Waals surface area contributed by atoms with E-state index in [1.165, 1.54) is 29.5 Å². The summed E-state index contributed by atoms with van der Waals surface area (Å²) < 4.78 is 59.5. The highest BCUT2D eigenvalue weighted by Crippen LogP contribution is 2.37. The van der Waals surface area contributed by atoms with Crippen LogP contribution >= 0.6 is 11.3 Å². The van der Waals surface area contributed by atoms with Crippen LogP contribution in [0.25, 0.3) is 0 Å². The summed E-state index contributed by atoms with van der Waals surface area (Å²) in [6.45, 7) is 1.01. The number of ether oxygens (including phenoxy) is 1. The van der Waals surface area contributed by atoms with E-state index in [-0.39, 0.29) is 24.5 Å². The average molecular weight is 423 g/mol. The zero-order valence-electron chi connectivity index (χ0n) is 15.2. The van der Waals surface area contributed by atoms with Gasteiger partial charge in [-0.05, 0) is 23.3 Å². The van der Waals surface area contributed by atoms with E-state index in [4.69, 9.17) is 4.74 Å². The van der Waals surface area contributed by atoms with Crippen LogP contribution in [0.2, 0.25) is 0 Å². The first-order chi connectivity index (χ1) is 13.9. The lowest BCUT2D eigenvalue weighted by atomic mass is 10.0. The quantitative estimate of drug-likeness (QED) is 0.562. The number of benzene rings is 2. The van der Waals surface area contributed by atoms with Crippen LogP contribution in [0.1, 0.15) is 27.8 Å². The van der Waals surface area contributed by atoms with E-state index in [1.54, 1.807) is 24.3 Å². The van der Waals surface area contributed by atoms with Crippen molar-refractivity contribution in [1.82, 2.24) is 10.2 Å². The number of morpholine rings is 1. The van der Waals surface area contributed by atoms with Gasteiger partial charge in [0, 0.05) is 13.0 Å². The largest absolute Gasteiger partial charge is 0.416 e. The van der Waals surface area contributed by atoms with Gasteiger partial charge in [-0.1, -0.05) is 47.7 Å². The second-order valence-corrected chi connectivity index (χ2v) is 7.68. The molecule has 4 nitrogen and oxygen atoms in total. The summed E-state index contributed by atoms with van der Waals surface area (Å²) in [6, 6.07) is 11.9. The van der Waals surface area contributed by atoms with Crippen molar-refractivity contribution in [2.45, 2.75) is 18.7 Å². The predicted molar refractivity (Wildman–Crippen MR) is 101 cm³/mol. The Balaban J connectivity index is 1.52. The highest BCUT2D eigenvalue weighted by molar-refractivity contribution is 7.15. The molecule has 1 atom stereocenters. The molecule has 4 rings (SSSR count). The molecule has 1 aliphatic heterocycles. The van der Waals surface area contributed by atoms with Crippen LogP contribution in [-0.2, 0) is 17.3 Å². The molecule has 0 aliphatic carbocycles. The van der Waals surface area contributed by atoms with E-state index >= 15 is 0 Å². The Kier molecular flexibility index (Phi) is 5.51. The van der Waals surface area contributed by atoms with E-state index < -0.39 is 17.8 Å². The van der Waals surface area contributed by atoms with E-state index in [1.807, 2.05) is 4.90 Å². The molecule has 9 heteroatoms. The van der Waals surface area contributed by atoms with E-state index in [2.05, 4.69) is 10.2 Å². The Morgan fingerprint density at radius 2 is 1.83 bits per heavy atom. The lowest BCUT2D eigenvalue weighted by molar-refractivity contribution is -0.139. The molecule has 1 saturated heterocycles. The molecule has 29 heavy (non-hydrogen) atoms. The predicted octanol–water partition coefficient (Wildman–Crippen LogP) is 4.86. The summed E-state index contributed by atoms with van der Waals surface area (Å²) in [7, 11) is 0. The number of anilines is 1. The monoisotopic (exact) mass is 423 g/mol. The van der Waals surface area contributed by atoms with Gasteiger partial charge in [0.05, 0.1) is 18.7 Å². The number of aromatic nitrogens is 2. The molecule has 152 valence electrons. The molecule has 1 aliphatic rings. The molecule has 1 fully saturated rings. The van der Waals surface area contributed by atoms with Gasteiger partial charge in [0.2, 0.25) is 5.13 Å². The molecule has 0 bridgehead atoms. The van der Waals surface area contributed by atoms with Crippen LogP contribution in [0, 0.1) is 5.82 Å². The van der Waals surface area contributed by atoms with Gasteiger partial charge in [-0.15, -0.1) is 10.2 Å². The number of hydrogen-bond donors (Lipinski definition) is 0. The first-order valence-electron chi connectivity index (χ1n) is 9.00. The first-order valence-corrected chi connectivity index (χ1v) is 9.82. The Bertz CT molecular complexity index is 992. The average Bonchev–Trinajstić information content (AvgIpc) is 3.18. The Morgan fingerprint density at radius 1 is 1.07 bits per heavy atom. The molecule has 2 heterocycles. The smallest absolute Gasteiger partial charge is 0.370 e. The molecule has 0 N–H and O–H groups in total. The minimum atomic E-state index is -4.45. The third-order valence-electron chi connectivity index (χ3n) is 4.71. The number of hydrogen-bond acceptors (Lipinski definition) is 5. The van der Waals surface area contributed by atoms with Crippen molar-refractivity contribution in [3.63, 3.8) is 0 Å². The molecule has 0 spiro atoms. The van der Waals surface area contributed by atoms with Gasteiger partial charge in [0.1, 0.15) is 16.9 Å². The van der Waals surface area contributed by atoms with Crippen molar-refractivity contribution >= 4 is 16.5 Å². The molecule has 0 radical (unpaired) electrons. The number of nitrogens with zero attached hydrogens (tertiary/aromatic N) is 3. The molecule has 0 saturated carbocycles. The van der Waals surface area contributed by atoms with E-state index in [0.717, 1.165) is 6.07 Å². The molecule has 0 amide bonds. The van der Waals surface area contributed by atoms with Gasteiger partial charge in [-0.3, -0.25) is 0 Å². The van der Waals surface area contributed by atoms with Crippen molar-refractivity contribution in [3.05, 3.63) is 76.0 Å². The molecular formula is C20H17F4N3OS. The van der Waals surface area contributed by atoms with Crippen LogP contribution in [0.5, 0.6) is 0 Å². The zero-order chi connectivity index (χ0) is 20.4. The van der Waals surface area contributed by atoms with E-state index in [0.29, 0.717) is 28.7 Å². The van der Waals surface area contributed by atoms with Gasteiger partial charge in [-0.2, -0.15) is 13.2 Å². The van der Waals surface area contributed by atoms with Crippen molar-refractivity contribution < 1.29 is 22.3 Å². The van der Waals surface area contributed by atoms with Crippen LogP contribution < -0.4 is 4.90 Å². The first kappa shape index (κ1) is 19.8. The van der Waals surface area contributed by atoms with Crippen LogP contribution in [0.3, 0.4) is 0 Å². The highest BCUT2D eigenvalue weighted by atomic mass is 32.1. The van der Waals surface area contributed by atoms with Crippen molar-refractivity contribution in [3.8, 4) is 0 Å². The normalized spacial score (nSPS) is 17.5. The van der Waals surface area contributed by atoms with Gasteiger partial charge < -0.3 is 9.64 Å². The summed E-state index contributed by atoms with van der Waals surface area (Å²) in [5.74, 6) is -0.306. The topological polar surface area (TPSA) is 38.2 Å². The third kappa shape index (κ3) is 4.40. The van der Waals surface area contributed by atoms with Gasteiger partial charge in [0.15, 0.2) is 0 Å². The summed E-state index contributed by atoms with van der Waals surface area (Å²) in [4.78, 5) is 1.86. The summed E-state index contributed by atoms with van der Waals surface area (Å²) in [5.41, 5.74) is -0.0562. The molecule has 2 aromatic carbocycles. The van der Waals surface area contributed by atoms with Gasteiger partial charge in [0.25, 0.3) is 0 Å². The maximum absolute atomic E-state index is 13.8. The fourth-order valence-corrected chi connectivity index (χ4v) is 4.19. The van der Waals surface area contributed by atoms with Crippen LogP contribution in [0.15, 0.2) is 48.5 Å². The van der Waals surface area contributed by atoms with Gasteiger partial charge in [-0.25, -0.2) is 4.39 Å². The molecule has 1 aromatic heterocycles. The van der Waals surface area contributed by atoms with E-state index in [9.17, 15) is 17.6 Å². The second kappa shape index (κ2) is 8.08. The fraction of sp³-hybridized carbons (Fsp3) is 0.300. The second-order valence-electron chi connectivity index (χ2n) is 6.64. The van der Waals surface area contributed by atoms with Crippen LogP contribution in [0.4, 0.5) is 22.7 Å². The standard InChI is InChI=1S/C20H17F4N3OS/c21-16-8-4-1-5-13(16)11-18-25-26-19(29-18)27-9-10-28-17(12-27)14-6-2-3-7-15(14)20(22,23)24/h1-8,17H,9-12H2. The molecule has 3 aromatic rings. The van der Waals surface area contributed by atoms with Crippen molar-refractivity contribution in [1.29, 1.82) is 0 Å². The fourth-order valence-electron chi connectivity index (χ4n) is 3.30. The maximum atomic E-state index is 13.8. The minimum absolute atomic E-state index is 0.112. The maximum Gasteiger partial charge on any atom is 0.416 e. The lowest BCUT2D eigenvalue weighted by Gasteiger charge is -2.33. The number of halogens is 4. The number of rotatable bonds is 4. The zero-order valence-corrected chi connectivity index (χ0v) is 16.0. The summed E-state index contributed by atoms with van der Waals surface area (Å²) in [6.07, 6.45) is -4.85. The van der Waals surface area contributed by atoms with Crippen molar-refractivity contribution in [2.75, 3.05) is 24.6 Å². The van der Waals surface area contributed by atoms with Gasteiger partial charge >= 0.3 is 6.18 Å². The number of alkyl halides is 3. The summed E-state index contributed by atoms with van der Waals surface area (Å²) in [5, 5.41) is 9.52. The minimum Gasteiger partial charge on any atom is -0.370 e. The van der Waals surface area contributed by atoms with Crippen molar-refractivity contribution in [2.24, 2.45) is 0 Å². The van der Waals surface area contributed by atoms with Crippen LogP contribution in [-0.4, -0.2) is 29.9 Å².